The molecule has 0 heterocycles. The van der Waals surface area contributed by atoms with E-state index in [9.17, 15) is 14.0 Å². The molecule has 148 valence electrons. The number of carbonyl (C=O) groups excluding carboxylic acids is 2. The summed E-state index contributed by atoms with van der Waals surface area (Å²) in [6.45, 7) is 0. The second kappa shape index (κ2) is 9.64. The van der Waals surface area contributed by atoms with Gasteiger partial charge in [0.15, 0.2) is 0 Å². The summed E-state index contributed by atoms with van der Waals surface area (Å²) in [6, 6.07) is 23.8. The first-order valence-electron chi connectivity index (χ1n) is 9.31. The number of nitrogens with one attached hydrogen (secondary N) is 1. The van der Waals surface area contributed by atoms with Crippen LogP contribution in [0.25, 0.3) is 0 Å². The van der Waals surface area contributed by atoms with Gasteiger partial charge in [-0.05, 0) is 22.8 Å². The van der Waals surface area contributed by atoms with Gasteiger partial charge in [0.25, 0.3) is 0 Å². The molecule has 0 aliphatic rings. The van der Waals surface area contributed by atoms with Crippen LogP contribution in [0, 0.1) is 5.82 Å². The van der Waals surface area contributed by atoms with Crippen molar-refractivity contribution in [2.45, 2.75) is 18.4 Å². The van der Waals surface area contributed by atoms with E-state index in [-0.39, 0.29) is 12.3 Å². The van der Waals surface area contributed by atoms with Gasteiger partial charge in [0.2, 0.25) is 5.91 Å². The average Bonchev–Trinajstić information content (AvgIpc) is 2.76. The molecule has 0 aliphatic carbocycles. The number of esters is 1. The van der Waals surface area contributed by atoms with Gasteiger partial charge < -0.3 is 10.1 Å². The van der Waals surface area contributed by atoms with Crippen LogP contribution in [0.2, 0.25) is 0 Å². The highest BCUT2D eigenvalue weighted by Crippen LogP contribution is 2.25. The Balaban J connectivity index is 1.89. The molecular weight excluding hydrogens is 369 g/mol. The molecule has 0 radical (unpaired) electrons. The Hall–Kier alpha value is -3.47. The predicted molar refractivity (Wildman–Crippen MR) is 109 cm³/mol. The van der Waals surface area contributed by atoms with Gasteiger partial charge in [-0.3, -0.25) is 4.79 Å². The highest BCUT2D eigenvalue weighted by atomic mass is 19.1. The molecule has 1 amide bonds. The van der Waals surface area contributed by atoms with E-state index in [1.54, 1.807) is 18.2 Å². The van der Waals surface area contributed by atoms with Gasteiger partial charge in [-0.2, -0.15) is 0 Å². The molecule has 0 unspecified atom stereocenters. The van der Waals surface area contributed by atoms with Crippen molar-refractivity contribution in [2.24, 2.45) is 0 Å². The van der Waals surface area contributed by atoms with Crippen LogP contribution in [0.15, 0.2) is 84.9 Å². The van der Waals surface area contributed by atoms with E-state index in [4.69, 9.17) is 4.74 Å². The standard InChI is InChI=1S/C24H22FNO3/c1-29-24(28)21(16-19-14-8-9-15-20(19)25)26-23(27)22(17-10-4-2-5-11-17)18-12-6-3-7-13-18/h2-15,21-22H,16H2,1H3,(H,26,27)/t21-/m0/s1. The zero-order chi connectivity index (χ0) is 20.6. The van der Waals surface area contributed by atoms with E-state index in [0.717, 1.165) is 11.1 Å². The third-order valence-corrected chi connectivity index (χ3v) is 4.71. The van der Waals surface area contributed by atoms with Gasteiger partial charge in [-0.1, -0.05) is 78.9 Å². The number of carbonyl (C=O) groups is 2. The fourth-order valence-corrected chi connectivity index (χ4v) is 3.26. The zero-order valence-electron chi connectivity index (χ0n) is 16.0. The van der Waals surface area contributed by atoms with Gasteiger partial charge >= 0.3 is 5.97 Å². The number of ether oxygens (including phenoxy) is 1. The van der Waals surface area contributed by atoms with Crippen LogP contribution in [0.5, 0.6) is 0 Å². The molecule has 1 atom stereocenters. The fourth-order valence-electron chi connectivity index (χ4n) is 3.26. The van der Waals surface area contributed by atoms with Crippen LogP contribution in [0.3, 0.4) is 0 Å². The van der Waals surface area contributed by atoms with Gasteiger partial charge in [-0.25, -0.2) is 9.18 Å². The van der Waals surface area contributed by atoms with Crippen LogP contribution in [0.1, 0.15) is 22.6 Å². The number of hydrogen-bond donors (Lipinski definition) is 1. The monoisotopic (exact) mass is 391 g/mol. The maximum Gasteiger partial charge on any atom is 0.328 e. The van der Waals surface area contributed by atoms with Crippen LogP contribution in [-0.4, -0.2) is 25.0 Å². The summed E-state index contributed by atoms with van der Waals surface area (Å²) < 4.78 is 18.9. The quantitative estimate of drug-likeness (QED) is 0.623. The number of amides is 1. The Kier molecular flexibility index (Phi) is 6.74. The Labute approximate surface area is 169 Å². The van der Waals surface area contributed by atoms with Gasteiger partial charge in [0, 0.05) is 6.42 Å². The Morgan fingerprint density at radius 2 is 1.38 bits per heavy atom. The van der Waals surface area contributed by atoms with Crippen molar-refractivity contribution in [3.8, 4) is 0 Å². The molecule has 0 spiro atoms. The van der Waals surface area contributed by atoms with Crippen molar-refractivity contribution in [3.63, 3.8) is 0 Å². The SMILES string of the molecule is COC(=O)[C@H](Cc1ccccc1F)NC(=O)C(c1ccccc1)c1ccccc1. The highest BCUT2D eigenvalue weighted by Gasteiger charge is 2.29. The predicted octanol–water partition coefficient (Wildman–Crippen LogP) is 3.86. The molecule has 1 N–H and O–H groups in total. The lowest BCUT2D eigenvalue weighted by atomic mass is 9.90. The maximum absolute atomic E-state index is 14.1. The van der Waals surface area contributed by atoms with Gasteiger partial charge in [0.05, 0.1) is 13.0 Å². The molecule has 5 heteroatoms. The first-order valence-corrected chi connectivity index (χ1v) is 9.31. The lowest BCUT2D eigenvalue weighted by molar-refractivity contribution is -0.145. The van der Waals surface area contributed by atoms with E-state index in [0.29, 0.717) is 5.56 Å². The maximum atomic E-state index is 14.1. The van der Waals surface area contributed by atoms with Crippen LogP contribution < -0.4 is 5.32 Å². The summed E-state index contributed by atoms with van der Waals surface area (Å²) in [6.07, 6.45) is 0.00138. The van der Waals surface area contributed by atoms with E-state index in [2.05, 4.69) is 5.32 Å². The Bertz CT molecular complexity index is 921. The molecule has 0 fully saturated rings. The number of methoxy groups -OCH3 is 1. The first kappa shape index (κ1) is 20.3. The topological polar surface area (TPSA) is 55.4 Å². The average molecular weight is 391 g/mol. The summed E-state index contributed by atoms with van der Waals surface area (Å²) in [5, 5.41) is 2.76. The normalized spacial score (nSPS) is 11.7. The van der Waals surface area contributed by atoms with E-state index in [1.165, 1.54) is 13.2 Å². The summed E-state index contributed by atoms with van der Waals surface area (Å²) in [7, 11) is 1.24. The van der Waals surface area contributed by atoms with Gasteiger partial charge in [0.1, 0.15) is 11.9 Å². The molecule has 0 saturated carbocycles. The van der Waals surface area contributed by atoms with Crippen LogP contribution >= 0.6 is 0 Å². The fraction of sp³-hybridized carbons (Fsp3) is 0.167. The van der Waals surface area contributed by atoms with Crippen molar-refractivity contribution in [2.75, 3.05) is 7.11 Å². The van der Waals surface area contributed by atoms with Gasteiger partial charge in [-0.15, -0.1) is 0 Å². The smallest absolute Gasteiger partial charge is 0.328 e. The molecule has 4 nitrogen and oxygen atoms in total. The minimum absolute atomic E-state index is 0.00138. The Morgan fingerprint density at radius 3 is 1.90 bits per heavy atom. The highest BCUT2D eigenvalue weighted by molar-refractivity contribution is 5.91. The zero-order valence-corrected chi connectivity index (χ0v) is 16.0. The molecule has 0 saturated heterocycles. The second-order valence-corrected chi connectivity index (χ2v) is 6.63. The molecule has 0 bridgehead atoms. The molecule has 3 aromatic carbocycles. The number of benzene rings is 3. The molecule has 0 aromatic heterocycles. The van der Waals surface area contributed by atoms with E-state index in [1.807, 2.05) is 60.7 Å². The lowest BCUT2D eigenvalue weighted by Gasteiger charge is -2.22. The Morgan fingerprint density at radius 1 is 0.862 bits per heavy atom. The molecule has 3 rings (SSSR count). The van der Waals surface area contributed by atoms with Crippen molar-refractivity contribution in [1.29, 1.82) is 0 Å². The summed E-state index contributed by atoms with van der Waals surface area (Å²) >= 11 is 0. The lowest BCUT2D eigenvalue weighted by Crippen LogP contribution is -2.45. The molecular formula is C24H22FNO3. The third kappa shape index (κ3) is 5.08. The van der Waals surface area contributed by atoms with Crippen LogP contribution in [0.4, 0.5) is 4.39 Å². The van der Waals surface area contributed by atoms with Crippen LogP contribution in [-0.2, 0) is 20.7 Å². The van der Waals surface area contributed by atoms with Crippen molar-refractivity contribution in [1.82, 2.24) is 5.32 Å². The first-order chi connectivity index (χ1) is 14.1. The summed E-state index contributed by atoms with van der Waals surface area (Å²) in [5.41, 5.74) is 1.93. The van der Waals surface area contributed by atoms with Crippen molar-refractivity contribution < 1.29 is 18.7 Å². The molecule has 29 heavy (non-hydrogen) atoms. The number of hydrogen-bond acceptors (Lipinski definition) is 3. The van der Waals surface area contributed by atoms with E-state index < -0.39 is 23.7 Å². The van der Waals surface area contributed by atoms with E-state index >= 15 is 0 Å². The number of rotatable bonds is 7. The minimum atomic E-state index is -1.00. The van der Waals surface area contributed by atoms with Crippen molar-refractivity contribution in [3.05, 3.63) is 107 Å². The third-order valence-electron chi connectivity index (χ3n) is 4.71. The molecule has 3 aromatic rings. The minimum Gasteiger partial charge on any atom is -0.467 e. The number of halogens is 1. The summed E-state index contributed by atoms with van der Waals surface area (Å²) in [5.74, 6) is -2.01. The van der Waals surface area contributed by atoms with Crippen molar-refractivity contribution >= 4 is 11.9 Å². The molecule has 0 aliphatic heterocycles. The largest absolute Gasteiger partial charge is 0.467 e. The second-order valence-electron chi connectivity index (χ2n) is 6.63. The summed E-state index contributed by atoms with van der Waals surface area (Å²) in [4.78, 5) is 25.5.